The van der Waals surface area contributed by atoms with Gasteiger partial charge in [0.2, 0.25) is 0 Å². The number of rotatable bonds is 4. The van der Waals surface area contributed by atoms with Crippen molar-refractivity contribution < 1.29 is 4.79 Å². The third-order valence-corrected chi connectivity index (χ3v) is 4.91. The molecule has 0 fully saturated rings. The van der Waals surface area contributed by atoms with E-state index >= 15 is 0 Å². The van der Waals surface area contributed by atoms with Crippen molar-refractivity contribution >= 4 is 46.0 Å². The van der Waals surface area contributed by atoms with Gasteiger partial charge in [-0.1, -0.05) is 53.5 Å². The van der Waals surface area contributed by atoms with Crippen LogP contribution in [0.5, 0.6) is 0 Å². The highest BCUT2D eigenvalue weighted by Crippen LogP contribution is 2.32. The molecule has 4 aromatic rings. The summed E-state index contributed by atoms with van der Waals surface area (Å²) in [7, 11) is 0. The number of hydrogen-bond donors (Lipinski definition) is 1. The zero-order valence-electron chi connectivity index (χ0n) is 14.2. The van der Waals surface area contributed by atoms with Gasteiger partial charge in [-0.15, -0.1) is 0 Å². The van der Waals surface area contributed by atoms with E-state index in [2.05, 4.69) is 4.98 Å². The van der Waals surface area contributed by atoms with E-state index in [-0.39, 0.29) is 5.78 Å². The van der Waals surface area contributed by atoms with Crippen LogP contribution in [0.2, 0.25) is 10.0 Å². The number of allylic oxidation sites excluding steroid dienone is 1. The fraction of sp³-hybridized carbons (Fsp3) is 0. The summed E-state index contributed by atoms with van der Waals surface area (Å²) in [5, 5.41) is 2.35. The van der Waals surface area contributed by atoms with Gasteiger partial charge >= 0.3 is 0 Å². The predicted molar refractivity (Wildman–Crippen MR) is 114 cm³/mol. The predicted octanol–water partition coefficient (Wildman–Crippen LogP) is 7.04. The van der Waals surface area contributed by atoms with Crippen molar-refractivity contribution in [3.05, 3.63) is 100 Å². The molecule has 0 saturated heterocycles. The summed E-state index contributed by atoms with van der Waals surface area (Å²) < 4.78 is 0. The number of aromatic nitrogens is 1. The van der Waals surface area contributed by atoms with Gasteiger partial charge in [-0.25, -0.2) is 0 Å². The van der Waals surface area contributed by atoms with Crippen LogP contribution in [0.4, 0.5) is 0 Å². The molecule has 1 aromatic heterocycles. The van der Waals surface area contributed by atoms with Crippen molar-refractivity contribution in [1.82, 2.24) is 4.98 Å². The summed E-state index contributed by atoms with van der Waals surface area (Å²) in [6.07, 6.45) is 3.46. The van der Waals surface area contributed by atoms with E-state index in [1.807, 2.05) is 54.6 Å². The van der Waals surface area contributed by atoms with Gasteiger partial charge in [0.25, 0.3) is 0 Å². The number of nitrogens with one attached hydrogen (secondary N) is 1. The highest BCUT2D eigenvalue weighted by atomic mass is 35.5. The molecule has 2 nitrogen and oxygen atoms in total. The second-order valence-corrected chi connectivity index (χ2v) is 7.04. The smallest absolute Gasteiger partial charge is 0.185 e. The third-order valence-electron chi connectivity index (χ3n) is 4.41. The molecule has 0 aliphatic rings. The average Bonchev–Trinajstić information content (AvgIpc) is 3.06. The number of hydrogen-bond acceptors (Lipinski definition) is 1. The Hall–Kier alpha value is -2.81. The highest BCUT2D eigenvalue weighted by Gasteiger charge is 2.11. The van der Waals surface area contributed by atoms with Crippen molar-refractivity contribution in [3.8, 4) is 11.3 Å². The fourth-order valence-corrected chi connectivity index (χ4v) is 3.30. The standard InChI is InChI=1S/C23H15Cl2NO/c24-17-9-5-15(6-10-17)22(27)14-13-20-19-3-1-2-4-21(19)26-23(20)16-7-11-18(25)12-8-16/h1-14,26H. The summed E-state index contributed by atoms with van der Waals surface area (Å²) in [5.41, 5.74) is 4.54. The van der Waals surface area contributed by atoms with Crippen LogP contribution in [-0.2, 0) is 0 Å². The van der Waals surface area contributed by atoms with Gasteiger partial charge in [-0.05, 0) is 60.2 Å². The SMILES string of the molecule is O=C(C=Cc1c(-c2ccc(Cl)cc2)[nH]c2ccccc12)c1ccc(Cl)cc1. The number of aromatic amines is 1. The first-order valence-corrected chi connectivity index (χ1v) is 9.22. The van der Waals surface area contributed by atoms with E-state index < -0.39 is 0 Å². The molecule has 27 heavy (non-hydrogen) atoms. The highest BCUT2D eigenvalue weighted by molar-refractivity contribution is 6.31. The van der Waals surface area contributed by atoms with Crippen LogP contribution in [0, 0.1) is 0 Å². The van der Waals surface area contributed by atoms with Crippen molar-refractivity contribution in [2.24, 2.45) is 0 Å². The Morgan fingerprint density at radius 3 is 2.15 bits per heavy atom. The lowest BCUT2D eigenvalue weighted by Gasteiger charge is -2.02. The number of carbonyl (C=O) groups is 1. The maximum absolute atomic E-state index is 12.5. The maximum Gasteiger partial charge on any atom is 0.185 e. The molecule has 0 bridgehead atoms. The Morgan fingerprint density at radius 2 is 1.44 bits per heavy atom. The van der Waals surface area contributed by atoms with Crippen LogP contribution in [-0.4, -0.2) is 10.8 Å². The van der Waals surface area contributed by atoms with Gasteiger partial charge in [0.15, 0.2) is 5.78 Å². The molecule has 0 unspecified atom stereocenters. The van der Waals surface area contributed by atoms with Crippen molar-refractivity contribution in [2.75, 3.05) is 0 Å². The quantitative estimate of drug-likeness (QED) is 0.293. The van der Waals surface area contributed by atoms with E-state index in [4.69, 9.17) is 23.2 Å². The number of H-pyrrole nitrogens is 1. The molecule has 0 aliphatic carbocycles. The molecule has 0 spiro atoms. The van der Waals surface area contributed by atoms with Crippen LogP contribution < -0.4 is 0 Å². The average molecular weight is 392 g/mol. The minimum Gasteiger partial charge on any atom is -0.354 e. The van der Waals surface area contributed by atoms with Crippen LogP contribution >= 0.6 is 23.2 Å². The van der Waals surface area contributed by atoms with E-state index in [1.54, 1.807) is 30.3 Å². The first kappa shape index (κ1) is 17.6. The maximum atomic E-state index is 12.5. The Bertz CT molecular complexity index is 1140. The van der Waals surface area contributed by atoms with Gasteiger partial charge < -0.3 is 4.98 Å². The van der Waals surface area contributed by atoms with Gasteiger partial charge in [-0.3, -0.25) is 4.79 Å². The minimum atomic E-state index is -0.0704. The summed E-state index contributed by atoms with van der Waals surface area (Å²) in [6, 6.07) is 22.6. The number of ketones is 1. The lowest BCUT2D eigenvalue weighted by Crippen LogP contribution is -1.93. The summed E-state index contributed by atoms with van der Waals surface area (Å²) in [5.74, 6) is -0.0704. The topological polar surface area (TPSA) is 32.9 Å². The molecule has 0 aliphatic heterocycles. The number of fused-ring (bicyclic) bond motifs is 1. The van der Waals surface area contributed by atoms with E-state index in [0.717, 1.165) is 27.7 Å². The van der Waals surface area contributed by atoms with Crippen molar-refractivity contribution in [2.45, 2.75) is 0 Å². The number of benzene rings is 3. The summed E-state index contributed by atoms with van der Waals surface area (Å²) >= 11 is 11.9. The van der Waals surface area contributed by atoms with Gasteiger partial charge in [-0.2, -0.15) is 0 Å². The molecular formula is C23H15Cl2NO. The summed E-state index contributed by atoms with van der Waals surface area (Å²) in [6.45, 7) is 0. The number of carbonyl (C=O) groups excluding carboxylic acids is 1. The van der Waals surface area contributed by atoms with Crippen LogP contribution in [0.25, 0.3) is 28.2 Å². The number of para-hydroxylation sites is 1. The Labute approximate surface area is 167 Å². The second kappa shape index (κ2) is 7.43. The molecule has 4 rings (SSSR count). The molecule has 3 aromatic carbocycles. The monoisotopic (exact) mass is 391 g/mol. The molecule has 0 radical (unpaired) electrons. The molecule has 1 heterocycles. The molecular weight excluding hydrogens is 377 g/mol. The lowest BCUT2D eigenvalue weighted by atomic mass is 10.0. The van der Waals surface area contributed by atoms with Crippen LogP contribution in [0.15, 0.2) is 78.9 Å². The van der Waals surface area contributed by atoms with Gasteiger partial charge in [0, 0.05) is 32.1 Å². The Morgan fingerprint density at radius 1 is 0.815 bits per heavy atom. The third kappa shape index (κ3) is 3.68. The lowest BCUT2D eigenvalue weighted by molar-refractivity contribution is 0.104. The molecule has 0 saturated carbocycles. The Balaban J connectivity index is 1.77. The second-order valence-electron chi connectivity index (χ2n) is 6.17. The molecule has 1 N–H and O–H groups in total. The fourth-order valence-electron chi connectivity index (χ4n) is 3.05. The van der Waals surface area contributed by atoms with E-state index in [0.29, 0.717) is 15.6 Å². The number of halogens is 2. The molecule has 132 valence electrons. The molecule has 4 heteroatoms. The van der Waals surface area contributed by atoms with Crippen molar-refractivity contribution in [1.29, 1.82) is 0 Å². The molecule has 0 atom stereocenters. The first-order chi connectivity index (χ1) is 13.1. The molecule has 0 amide bonds. The first-order valence-electron chi connectivity index (χ1n) is 8.46. The van der Waals surface area contributed by atoms with Crippen LogP contribution in [0.3, 0.4) is 0 Å². The van der Waals surface area contributed by atoms with Gasteiger partial charge in [0.1, 0.15) is 0 Å². The van der Waals surface area contributed by atoms with E-state index in [1.165, 1.54) is 0 Å². The minimum absolute atomic E-state index is 0.0704. The van der Waals surface area contributed by atoms with Gasteiger partial charge in [0.05, 0.1) is 5.69 Å². The normalized spacial score (nSPS) is 11.3. The van der Waals surface area contributed by atoms with E-state index in [9.17, 15) is 4.79 Å². The van der Waals surface area contributed by atoms with Crippen molar-refractivity contribution in [3.63, 3.8) is 0 Å². The van der Waals surface area contributed by atoms with Crippen LogP contribution in [0.1, 0.15) is 15.9 Å². The summed E-state index contributed by atoms with van der Waals surface area (Å²) in [4.78, 5) is 16.0. The zero-order chi connectivity index (χ0) is 18.8. The zero-order valence-corrected chi connectivity index (χ0v) is 15.8. The largest absolute Gasteiger partial charge is 0.354 e. The Kier molecular flexibility index (Phi) is 4.85.